The molecule has 0 fully saturated rings. The third-order valence-corrected chi connectivity index (χ3v) is 3.05. The van der Waals surface area contributed by atoms with Crippen LogP contribution in [0.5, 0.6) is 0 Å². The molecule has 0 aromatic carbocycles. The number of esters is 1. The molecule has 2 nitrogen and oxygen atoms in total. The smallest absolute Gasteiger partial charge is 0.319 e. The van der Waals surface area contributed by atoms with E-state index >= 15 is 0 Å². The van der Waals surface area contributed by atoms with E-state index < -0.39 is 0 Å². The fourth-order valence-electron chi connectivity index (χ4n) is 1.05. The van der Waals surface area contributed by atoms with Gasteiger partial charge in [0.05, 0.1) is 13.3 Å². The van der Waals surface area contributed by atoms with Crippen molar-refractivity contribution in [3.63, 3.8) is 0 Å². The van der Waals surface area contributed by atoms with Crippen molar-refractivity contribution in [2.75, 3.05) is 19.0 Å². The van der Waals surface area contributed by atoms with Gasteiger partial charge < -0.3 is 4.74 Å². The SMILES string of the molecule is CCCC(SCCCF)C(=O)OCC. The summed E-state index contributed by atoms with van der Waals surface area (Å²) < 4.78 is 16.8. The first-order chi connectivity index (χ1) is 6.76. The second-order valence-corrected chi connectivity index (χ2v) is 4.25. The second kappa shape index (κ2) is 9.31. The first-order valence-corrected chi connectivity index (χ1v) is 6.15. The molecule has 84 valence electrons. The van der Waals surface area contributed by atoms with Crippen LogP contribution >= 0.6 is 11.8 Å². The lowest BCUT2D eigenvalue weighted by molar-refractivity contribution is -0.142. The molecule has 0 heterocycles. The van der Waals surface area contributed by atoms with Crippen molar-refractivity contribution in [1.82, 2.24) is 0 Å². The normalized spacial score (nSPS) is 12.5. The van der Waals surface area contributed by atoms with Crippen LogP contribution in [0, 0.1) is 0 Å². The van der Waals surface area contributed by atoms with Crippen LogP contribution in [0.25, 0.3) is 0 Å². The molecular weight excluding hydrogens is 203 g/mol. The minimum Gasteiger partial charge on any atom is -0.465 e. The Morgan fingerprint density at radius 2 is 2.21 bits per heavy atom. The number of hydrogen-bond acceptors (Lipinski definition) is 3. The molecule has 0 saturated heterocycles. The van der Waals surface area contributed by atoms with Crippen LogP contribution < -0.4 is 0 Å². The number of halogens is 1. The van der Waals surface area contributed by atoms with Gasteiger partial charge in [-0.05, 0) is 25.5 Å². The molecule has 0 amide bonds. The number of rotatable bonds is 8. The van der Waals surface area contributed by atoms with Crippen molar-refractivity contribution >= 4 is 17.7 Å². The zero-order valence-electron chi connectivity index (χ0n) is 8.92. The maximum Gasteiger partial charge on any atom is 0.319 e. The van der Waals surface area contributed by atoms with Crippen molar-refractivity contribution in [2.24, 2.45) is 0 Å². The molecule has 1 atom stereocenters. The Morgan fingerprint density at radius 1 is 1.50 bits per heavy atom. The number of ether oxygens (including phenoxy) is 1. The molecule has 0 radical (unpaired) electrons. The number of thioether (sulfide) groups is 1. The molecule has 0 aromatic rings. The van der Waals surface area contributed by atoms with Gasteiger partial charge in [-0.25, -0.2) is 0 Å². The summed E-state index contributed by atoms with van der Waals surface area (Å²) in [6.45, 7) is 3.94. The van der Waals surface area contributed by atoms with Crippen LogP contribution in [0.3, 0.4) is 0 Å². The Labute approximate surface area is 89.6 Å². The van der Waals surface area contributed by atoms with Gasteiger partial charge in [0.2, 0.25) is 0 Å². The van der Waals surface area contributed by atoms with E-state index in [1.807, 2.05) is 6.92 Å². The van der Waals surface area contributed by atoms with Gasteiger partial charge in [-0.2, -0.15) is 0 Å². The summed E-state index contributed by atoms with van der Waals surface area (Å²) in [6, 6.07) is 0. The van der Waals surface area contributed by atoms with E-state index in [4.69, 9.17) is 4.74 Å². The van der Waals surface area contributed by atoms with E-state index in [0.717, 1.165) is 12.8 Å². The van der Waals surface area contributed by atoms with Crippen molar-refractivity contribution in [2.45, 2.75) is 38.4 Å². The zero-order chi connectivity index (χ0) is 10.8. The summed E-state index contributed by atoms with van der Waals surface area (Å²) in [5, 5.41) is -0.105. The molecule has 0 aromatic heterocycles. The Morgan fingerprint density at radius 3 is 2.71 bits per heavy atom. The Bertz CT molecular complexity index is 153. The van der Waals surface area contributed by atoms with Gasteiger partial charge in [0.1, 0.15) is 5.25 Å². The van der Waals surface area contributed by atoms with Crippen molar-refractivity contribution in [1.29, 1.82) is 0 Å². The maximum absolute atomic E-state index is 11.8. The minimum absolute atomic E-state index is 0.105. The summed E-state index contributed by atoms with van der Waals surface area (Å²) in [4.78, 5) is 11.4. The highest BCUT2D eigenvalue weighted by Gasteiger charge is 2.18. The van der Waals surface area contributed by atoms with Crippen LogP contribution in [0.2, 0.25) is 0 Å². The average Bonchev–Trinajstić information content (AvgIpc) is 2.17. The van der Waals surface area contributed by atoms with Gasteiger partial charge in [0, 0.05) is 0 Å². The van der Waals surface area contributed by atoms with Crippen LogP contribution in [0.15, 0.2) is 0 Å². The lowest BCUT2D eigenvalue weighted by Crippen LogP contribution is -2.20. The number of carbonyl (C=O) groups is 1. The predicted octanol–water partition coefficient (Wildman–Crippen LogP) is 2.81. The van der Waals surface area contributed by atoms with Gasteiger partial charge in [0.25, 0.3) is 0 Å². The highest BCUT2D eigenvalue weighted by Crippen LogP contribution is 2.18. The van der Waals surface area contributed by atoms with E-state index in [9.17, 15) is 9.18 Å². The van der Waals surface area contributed by atoms with E-state index in [1.165, 1.54) is 11.8 Å². The quantitative estimate of drug-likeness (QED) is 0.466. The topological polar surface area (TPSA) is 26.3 Å². The number of hydrogen-bond donors (Lipinski definition) is 0. The van der Waals surface area contributed by atoms with Crippen molar-refractivity contribution < 1.29 is 13.9 Å². The van der Waals surface area contributed by atoms with Gasteiger partial charge in [0.15, 0.2) is 0 Å². The Balaban J connectivity index is 3.81. The molecule has 4 heteroatoms. The summed E-state index contributed by atoms with van der Waals surface area (Å²) in [7, 11) is 0. The molecule has 0 aliphatic carbocycles. The standard InChI is InChI=1S/C10H19FO2S/c1-3-6-9(10(12)13-4-2)14-8-5-7-11/h9H,3-8H2,1-2H3. The molecule has 1 unspecified atom stereocenters. The molecule has 0 rings (SSSR count). The lowest BCUT2D eigenvalue weighted by atomic mass is 10.2. The Hall–Kier alpha value is -0.250. The molecule has 0 spiro atoms. The van der Waals surface area contributed by atoms with Crippen molar-refractivity contribution in [3.05, 3.63) is 0 Å². The summed E-state index contributed by atoms with van der Waals surface area (Å²) >= 11 is 1.50. The molecule has 0 aliphatic heterocycles. The van der Waals surface area contributed by atoms with Crippen molar-refractivity contribution in [3.8, 4) is 0 Å². The maximum atomic E-state index is 11.8. The minimum atomic E-state index is -0.311. The Kier molecular flexibility index (Phi) is 9.14. The van der Waals surface area contributed by atoms with Crippen LogP contribution in [0.4, 0.5) is 4.39 Å². The van der Waals surface area contributed by atoms with E-state index in [1.54, 1.807) is 6.92 Å². The fourth-order valence-corrected chi connectivity index (χ4v) is 2.21. The molecule has 14 heavy (non-hydrogen) atoms. The van der Waals surface area contributed by atoms with E-state index in [0.29, 0.717) is 18.8 Å². The third kappa shape index (κ3) is 6.24. The highest BCUT2D eigenvalue weighted by molar-refractivity contribution is 8.00. The molecular formula is C10H19FO2S. The largest absolute Gasteiger partial charge is 0.465 e. The van der Waals surface area contributed by atoms with Gasteiger partial charge in [-0.3, -0.25) is 9.18 Å². The monoisotopic (exact) mass is 222 g/mol. The van der Waals surface area contributed by atoms with Crippen LogP contribution in [0.1, 0.15) is 33.1 Å². The van der Waals surface area contributed by atoms with E-state index in [2.05, 4.69) is 0 Å². The first-order valence-electron chi connectivity index (χ1n) is 5.10. The second-order valence-electron chi connectivity index (χ2n) is 2.94. The van der Waals surface area contributed by atoms with Gasteiger partial charge >= 0.3 is 5.97 Å². The lowest BCUT2D eigenvalue weighted by Gasteiger charge is -2.13. The number of carbonyl (C=O) groups excluding carboxylic acids is 1. The molecule has 0 aliphatic rings. The summed E-state index contributed by atoms with van der Waals surface area (Å²) in [5.41, 5.74) is 0. The van der Waals surface area contributed by atoms with Crippen LogP contribution in [-0.4, -0.2) is 30.3 Å². The average molecular weight is 222 g/mol. The zero-order valence-corrected chi connectivity index (χ0v) is 9.74. The molecule has 0 saturated carbocycles. The fraction of sp³-hybridized carbons (Fsp3) is 0.900. The third-order valence-electron chi connectivity index (χ3n) is 1.70. The number of alkyl halides is 1. The van der Waals surface area contributed by atoms with Gasteiger partial charge in [-0.1, -0.05) is 13.3 Å². The summed E-state index contributed by atoms with van der Waals surface area (Å²) in [5.74, 6) is 0.540. The highest BCUT2D eigenvalue weighted by atomic mass is 32.2. The van der Waals surface area contributed by atoms with Gasteiger partial charge in [-0.15, -0.1) is 11.8 Å². The summed E-state index contributed by atoms with van der Waals surface area (Å²) in [6.07, 6.45) is 2.28. The van der Waals surface area contributed by atoms with Crippen LogP contribution in [-0.2, 0) is 9.53 Å². The molecule has 0 bridgehead atoms. The van der Waals surface area contributed by atoms with E-state index in [-0.39, 0.29) is 17.9 Å². The predicted molar refractivity (Wildman–Crippen MR) is 58.4 cm³/mol. The first kappa shape index (κ1) is 13.8. The molecule has 0 N–H and O–H groups in total.